The van der Waals surface area contributed by atoms with Crippen molar-refractivity contribution in [3.8, 4) is 0 Å². The maximum absolute atomic E-state index is 12.9. The van der Waals surface area contributed by atoms with Crippen LogP contribution in [0.3, 0.4) is 0 Å². The Morgan fingerprint density at radius 3 is 1.91 bits per heavy atom. The zero-order valence-corrected chi connectivity index (χ0v) is 42.7. The lowest BCUT2D eigenvalue weighted by Crippen LogP contribution is -2.61. The number of aliphatic hydroxyl groups excluding tert-OH is 3. The van der Waals surface area contributed by atoms with E-state index >= 15 is 0 Å². The number of fused-ring (bicyclic) bond motifs is 5. The molecule has 1 aliphatic heterocycles. The molecule has 0 spiro atoms. The number of carbonyl (C=O) groups is 1. The normalized spacial score (nSPS) is 34.8. The molecule has 14 unspecified atom stereocenters. The molecule has 4 fully saturated rings. The molecule has 0 amide bonds. The van der Waals surface area contributed by atoms with Crippen LogP contribution in [0, 0.1) is 52.3 Å². The highest BCUT2D eigenvalue weighted by atomic mass is 16.7. The molecule has 372 valence electrons. The summed E-state index contributed by atoms with van der Waals surface area (Å²) in [6.45, 7) is 16.8. The van der Waals surface area contributed by atoms with E-state index in [1.807, 2.05) is 0 Å². The average Bonchev–Trinajstić information content (AvgIpc) is 3.64. The highest BCUT2D eigenvalue weighted by molar-refractivity contribution is 5.69. The summed E-state index contributed by atoms with van der Waals surface area (Å²) in [5.41, 5.74) is 2.13. The van der Waals surface area contributed by atoms with Crippen molar-refractivity contribution in [1.29, 1.82) is 0 Å². The van der Waals surface area contributed by atoms with E-state index in [0.717, 1.165) is 80.5 Å². The third-order valence-corrected chi connectivity index (χ3v) is 18.7. The first-order valence-electron chi connectivity index (χ1n) is 28.0. The zero-order valence-electron chi connectivity index (χ0n) is 42.7. The SMILES string of the molecule is CCCCCCCCCCCCCCCCCCCCCC(=O)OC1C(CO)OC(OC2CCC3(C)C(=CCC4C3CCC3(C)C(C(C)CCC(CC)C(C)C)CCC43)C2)C(O)C1O. The number of unbranched alkanes of at least 4 members (excludes halogenated alkanes) is 18. The lowest BCUT2D eigenvalue weighted by molar-refractivity contribution is -0.314. The summed E-state index contributed by atoms with van der Waals surface area (Å²) in [6.07, 6.45) is 34.8. The molecular formula is C57H102O7. The Morgan fingerprint density at radius 1 is 0.750 bits per heavy atom. The van der Waals surface area contributed by atoms with Crippen LogP contribution in [-0.4, -0.2) is 64.7 Å². The smallest absolute Gasteiger partial charge is 0.306 e. The van der Waals surface area contributed by atoms with Crippen molar-refractivity contribution in [3.05, 3.63) is 11.6 Å². The molecule has 1 saturated heterocycles. The van der Waals surface area contributed by atoms with E-state index < -0.39 is 43.3 Å². The number of ether oxygens (including phenoxy) is 3. The van der Waals surface area contributed by atoms with Gasteiger partial charge in [0, 0.05) is 6.42 Å². The maximum Gasteiger partial charge on any atom is 0.306 e. The van der Waals surface area contributed by atoms with Gasteiger partial charge < -0.3 is 29.5 Å². The van der Waals surface area contributed by atoms with Gasteiger partial charge in [-0.2, -0.15) is 0 Å². The Balaban J connectivity index is 0.967. The van der Waals surface area contributed by atoms with Crippen LogP contribution in [0.4, 0.5) is 0 Å². The van der Waals surface area contributed by atoms with Crippen molar-refractivity contribution in [3.63, 3.8) is 0 Å². The van der Waals surface area contributed by atoms with Crippen molar-refractivity contribution in [1.82, 2.24) is 0 Å². The second-order valence-electron chi connectivity index (χ2n) is 23.2. The summed E-state index contributed by atoms with van der Waals surface area (Å²) < 4.78 is 18.2. The van der Waals surface area contributed by atoms with Crippen LogP contribution in [-0.2, 0) is 19.0 Å². The van der Waals surface area contributed by atoms with Gasteiger partial charge in [-0.1, -0.05) is 189 Å². The van der Waals surface area contributed by atoms with Gasteiger partial charge >= 0.3 is 5.97 Å². The van der Waals surface area contributed by atoms with Crippen LogP contribution < -0.4 is 0 Å². The van der Waals surface area contributed by atoms with Gasteiger partial charge in [0.05, 0.1) is 12.7 Å². The minimum atomic E-state index is -1.40. The van der Waals surface area contributed by atoms with Gasteiger partial charge in [0.2, 0.25) is 0 Å². The summed E-state index contributed by atoms with van der Waals surface area (Å²) in [4.78, 5) is 12.9. The maximum atomic E-state index is 12.9. The summed E-state index contributed by atoms with van der Waals surface area (Å²) in [5, 5.41) is 32.7. The monoisotopic (exact) mass is 899 g/mol. The van der Waals surface area contributed by atoms with E-state index in [0.29, 0.717) is 11.3 Å². The fourth-order valence-electron chi connectivity index (χ4n) is 14.5. The topological polar surface area (TPSA) is 105 Å². The second kappa shape index (κ2) is 27.3. The van der Waals surface area contributed by atoms with E-state index in [9.17, 15) is 20.1 Å². The van der Waals surface area contributed by atoms with Crippen LogP contribution in [0.25, 0.3) is 0 Å². The lowest BCUT2D eigenvalue weighted by atomic mass is 9.47. The first-order chi connectivity index (χ1) is 30.9. The predicted octanol–water partition coefficient (Wildman–Crippen LogP) is 14.2. The molecule has 5 rings (SSSR count). The van der Waals surface area contributed by atoms with Crippen LogP contribution in [0.5, 0.6) is 0 Å². The number of aliphatic hydroxyl groups is 3. The predicted molar refractivity (Wildman–Crippen MR) is 263 cm³/mol. The van der Waals surface area contributed by atoms with Gasteiger partial charge in [0.1, 0.15) is 18.3 Å². The van der Waals surface area contributed by atoms with E-state index in [2.05, 4.69) is 54.5 Å². The van der Waals surface area contributed by atoms with E-state index in [-0.39, 0.29) is 17.9 Å². The first-order valence-corrected chi connectivity index (χ1v) is 28.0. The Hall–Kier alpha value is -0.990. The van der Waals surface area contributed by atoms with Gasteiger partial charge in [0.15, 0.2) is 12.4 Å². The minimum absolute atomic E-state index is 0.140. The number of hydrogen-bond donors (Lipinski definition) is 3. The number of esters is 1. The Morgan fingerprint density at radius 2 is 1.34 bits per heavy atom. The number of carbonyl (C=O) groups excluding carboxylic acids is 1. The molecular weight excluding hydrogens is 797 g/mol. The molecule has 3 N–H and O–H groups in total. The van der Waals surface area contributed by atoms with Crippen LogP contribution in [0.1, 0.15) is 248 Å². The Kier molecular flexibility index (Phi) is 23.0. The highest BCUT2D eigenvalue weighted by Gasteiger charge is 2.59. The molecule has 7 nitrogen and oxygen atoms in total. The fraction of sp³-hybridized carbons (Fsp3) is 0.947. The molecule has 0 aromatic carbocycles. The van der Waals surface area contributed by atoms with Gasteiger partial charge in [-0.05, 0) is 116 Å². The molecule has 0 aromatic heterocycles. The molecule has 3 saturated carbocycles. The summed E-state index contributed by atoms with van der Waals surface area (Å²) in [7, 11) is 0. The van der Waals surface area contributed by atoms with Gasteiger partial charge in [-0.3, -0.25) is 4.79 Å². The van der Waals surface area contributed by atoms with Crippen molar-refractivity contribution < 1.29 is 34.3 Å². The molecule has 4 aliphatic carbocycles. The first kappa shape index (κ1) is 54.0. The van der Waals surface area contributed by atoms with Crippen LogP contribution >= 0.6 is 0 Å². The Bertz CT molecular complexity index is 1350. The fourth-order valence-corrected chi connectivity index (χ4v) is 14.5. The second-order valence-corrected chi connectivity index (χ2v) is 23.2. The van der Waals surface area contributed by atoms with Gasteiger partial charge in [-0.25, -0.2) is 0 Å². The quantitative estimate of drug-likeness (QED) is 0.0375. The third kappa shape index (κ3) is 14.5. The third-order valence-electron chi connectivity index (χ3n) is 18.7. The standard InChI is InChI=1S/C57H102O7/c1-8-10-11-12-13-14-15-16-17-18-19-20-21-22-23-24-25-26-27-28-51(59)64-54-50(40-58)63-55(53(61)52(54)60)62-45-35-37-56(6)44(39-45)31-32-46-48-34-33-47(57(48,7)38-36-49(46)56)42(5)29-30-43(9-2)41(3)4/h31,41-43,45-50,52-55,58,60-61H,8-30,32-40H2,1-7H3. The Labute approximate surface area is 393 Å². The molecule has 0 aromatic rings. The highest BCUT2D eigenvalue weighted by Crippen LogP contribution is 2.67. The van der Waals surface area contributed by atoms with Crippen LogP contribution in [0.15, 0.2) is 11.6 Å². The number of allylic oxidation sites excluding steroid dienone is 1. The number of rotatable bonds is 30. The van der Waals surface area contributed by atoms with E-state index in [4.69, 9.17) is 14.2 Å². The van der Waals surface area contributed by atoms with Gasteiger partial charge in [0.25, 0.3) is 0 Å². The molecule has 5 aliphatic rings. The van der Waals surface area contributed by atoms with Gasteiger partial charge in [-0.15, -0.1) is 0 Å². The lowest BCUT2D eigenvalue weighted by Gasteiger charge is -2.58. The van der Waals surface area contributed by atoms with Crippen molar-refractivity contribution in [2.45, 2.75) is 284 Å². The largest absolute Gasteiger partial charge is 0.457 e. The van der Waals surface area contributed by atoms with Crippen LogP contribution in [0.2, 0.25) is 0 Å². The van der Waals surface area contributed by atoms with Crippen molar-refractivity contribution in [2.75, 3.05) is 6.61 Å². The number of hydrogen-bond acceptors (Lipinski definition) is 7. The van der Waals surface area contributed by atoms with Crippen molar-refractivity contribution >= 4 is 5.97 Å². The zero-order chi connectivity index (χ0) is 46.1. The molecule has 1 heterocycles. The molecule has 64 heavy (non-hydrogen) atoms. The summed E-state index contributed by atoms with van der Waals surface area (Å²) >= 11 is 0. The summed E-state index contributed by atoms with van der Waals surface area (Å²) in [5.74, 6) is 5.13. The molecule has 0 radical (unpaired) electrons. The molecule has 14 atom stereocenters. The average molecular weight is 899 g/mol. The van der Waals surface area contributed by atoms with Crippen molar-refractivity contribution in [2.24, 2.45) is 52.3 Å². The minimum Gasteiger partial charge on any atom is -0.457 e. The summed E-state index contributed by atoms with van der Waals surface area (Å²) in [6, 6.07) is 0. The van der Waals surface area contributed by atoms with E-state index in [1.165, 1.54) is 153 Å². The molecule has 0 bridgehead atoms. The van der Waals surface area contributed by atoms with E-state index in [1.54, 1.807) is 0 Å². The molecule has 7 heteroatoms.